The van der Waals surface area contributed by atoms with Crippen molar-refractivity contribution in [2.24, 2.45) is 11.1 Å². The minimum absolute atomic E-state index is 0.00911. The van der Waals surface area contributed by atoms with E-state index >= 15 is 0 Å². The number of benzene rings is 1. The fraction of sp³-hybridized carbons (Fsp3) is 0.462. The molecule has 0 spiro atoms. The predicted octanol–water partition coefficient (Wildman–Crippen LogP) is 0.971. The Morgan fingerprint density at radius 2 is 2.05 bits per heavy atom. The van der Waals surface area contributed by atoms with E-state index in [0.29, 0.717) is 31.6 Å². The van der Waals surface area contributed by atoms with Gasteiger partial charge in [0, 0.05) is 25.2 Å². The maximum atomic E-state index is 11.1. The third-order valence-corrected chi connectivity index (χ3v) is 4.67. The van der Waals surface area contributed by atoms with Gasteiger partial charge in [0.05, 0.1) is 21.9 Å². The van der Waals surface area contributed by atoms with Gasteiger partial charge in [-0.2, -0.15) is 5.26 Å². The third kappa shape index (κ3) is 3.93. The average Bonchev–Trinajstić information content (AvgIpc) is 2.45. The van der Waals surface area contributed by atoms with Crippen molar-refractivity contribution >= 4 is 21.4 Å². The van der Waals surface area contributed by atoms with E-state index in [2.05, 4.69) is 0 Å². The van der Waals surface area contributed by atoms with Gasteiger partial charge in [0.15, 0.2) is 0 Å². The van der Waals surface area contributed by atoms with Gasteiger partial charge >= 0.3 is 0 Å². The number of anilines is 1. The summed E-state index contributed by atoms with van der Waals surface area (Å²) in [6, 6.07) is 6.17. The van der Waals surface area contributed by atoms with Crippen LogP contribution in [0.1, 0.15) is 18.4 Å². The molecule has 1 saturated heterocycles. The van der Waals surface area contributed by atoms with Gasteiger partial charge in [-0.25, -0.2) is 13.6 Å². The standard InChI is InChI=1S/C13H16N4O4S/c14-8-11-7-12(17(18)19)1-2-13(11)16-5-3-10(4-6-16)9-22(15,20)21/h1-2,7,10H,3-6,9H2,(H2,15,20,21). The summed E-state index contributed by atoms with van der Waals surface area (Å²) in [5, 5.41) is 25.0. The Labute approximate surface area is 128 Å². The van der Waals surface area contributed by atoms with Crippen LogP contribution in [0.2, 0.25) is 0 Å². The molecule has 0 radical (unpaired) electrons. The molecule has 1 fully saturated rings. The Hall–Kier alpha value is -2.18. The molecule has 0 atom stereocenters. The molecule has 1 aliphatic heterocycles. The number of piperidine rings is 1. The van der Waals surface area contributed by atoms with E-state index < -0.39 is 14.9 Å². The Bertz CT molecular complexity index is 718. The zero-order chi connectivity index (χ0) is 16.3. The van der Waals surface area contributed by atoms with Crippen molar-refractivity contribution in [3.05, 3.63) is 33.9 Å². The number of nitro benzene ring substituents is 1. The number of rotatable bonds is 4. The van der Waals surface area contributed by atoms with Crippen LogP contribution >= 0.6 is 0 Å². The van der Waals surface area contributed by atoms with Crippen LogP contribution in [0.25, 0.3) is 0 Å². The van der Waals surface area contributed by atoms with E-state index in [4.69, 9.17) is 10.4 Å². The number of hydrogen-bond acceptors (Lipinski definition) is 6. The Kier molecular flexibility index (Phi) is 4.63. The zero-order valence-corrected chi connectivity index (χ0v) is 12.6. The molecule has 0 bridgehead atoms. The summed E-state index contributed by atoms with van der Waals surface area (Å²) in [5.41, 5.74) is 0.769. The quantitative estimate of drug-likeness (QED) is 0.648. The summed E-state index contributed by atoms with van der Waals surface area (Å²) < 4.78 is 22.2. The average molecular weight is 324 g/mol. The number of hydrogen-bond donors (Lipinski definition) is 1. The van der Waals surface area contributed by atoms with E-state index in [0.717, 1.165) is 0 Å². The van der Waals surface area contributed by atoms with Crippen molar-refractivity contribution < 1.29 is 13.3 Å². The fourth-order valence-corrected chi connectivity index (χ4v) is 3.66. The highest BCUT2D eigenvalue weighted by Crippen LogP contribution is 2.29. The van der Waals surface area contributed by atoms with Crippen molar-refractivity contribution in [1.82, 2.24) is 0 Å². The maximum Gasteiger partial charge on any atom is 0.270 e. The molecule has 2 rings (SSSR count). The second kappa shape index (κ2) is 6.29. The molecule has 1 aliphatic rings. The fourth-order valence-electron chi connectivity index (χ4n) is 2.67. The minimum atomic E-state index is -3.48. The summed E-state index contributed by atoms with van der Waals surface area (Å²) in [4.78, 5) is 12.2. The number of nitro groups is 1. The summed E-state index contributed by atoms with van der Waals surface area (Å²) in [7, 11) is -3.48. The number of non-ortho nitro benzene ring substituents is 1. The lowest BCUT2D eigenvalue weighted by Crippen LogP contribution is -2.37. The number of primary sulfonamides is 1. The van der Waals surface area contributed by atoms with Crippen molar-refractivity contribution in [1.29, 1.82) is 5.26 Å². The Morgan fingerprint density at radius 1 is 1.41 bits per heavy atom. The third-order valence-electron chi connectivity index (χ3n) is 3.73. The predicted molar refractivity (Wildman–Crippen MR) is 80.7 cm³/mol. The van der Waals surface area contributed by atoms with Gasteiger partial charge in [0.25, 0.3) is 5.69 Å². The first-order chi connectivity index (χ1) is 10.3. The highest BCUT2D eigenvalue weighted by Gasteiger charge is 2.24. The topological polar surface area (TPSA) is 130 Å². The largest absolute Gasteiger partial charge is 0.370 e. The summed E-state index contributed by atoms with van der Waals surface area (Å²) >= 11 is 0. The molecule has 0 saturated carbocycles. The van der Waals surface area contributed by atoms with Crippen LogP contribution in [-0.2, 0) is 10.0 Å². The van der Waals surface area contributed by atoms with Gasteiger partial charge < -0.3 is 4.90 Å². The molecule has 0 amide bonds. The normalized spacial score (nSPS) is 16.3. The van der Waals surface area contributed by atoms with Gasteiger partial charge in [0.2, 0.25) is 10.0 Å². The van der Waals surface area contributed by atoms with Crippen molar-refractivity contribution in [3.8, 4) is 6.07 Å². The molecule has 1 aromatic rings. The highest BCUT2D eigenvalue weighted by atomic mass is 32.2. The molecule has 22 heavy (non-hydrogen) atoms. The first-order valence-electron chi connectivity index (χ1n) is 6.74. The van der Waals surface area contributed by atoms with Gasteiger partial charge in [-0.3, -0.25) is 10.1 Å². The molecule has 1 heterocycles. The summed E-state index contributed by atoms with van der Waals surface area (Å²) in [6.45, 7) is 1.18. The van der Waals surface area contributed by atoms with Crippen LogP contribution in [0.5, 0.6) is 0 Å². The number of sulfonamides is 1. The lowest BCUT2D eigenvalue weighted by molar-refractivity contribution is -0.384. The van der Waals surface area contributed by atoms with Crippen molar-refractivity contribution in [2.75, 3.05) is 23.7 Å². The molecule has 0 aromatic heterocycles. The molecule has 9 heteroatoms. The van der Waals surface area contributed by atoms with E-state index in [1.165, 1.54) is 12.1 Å². The Balaban J connectivity index is 2.12. The molecule has 0 unspecified atom stereocenters. The summed E-state index contributed by atoms with van der Waals surface area (Å²) in [5.74, 6) is -0.0264. The SMILES string of the molecule is N#Cc1cc([N+](=O)[O-])ccc1N1CCC(CS(N)(=O)=O)CC1. The number of nitrogens with two attached hydrogens (primary N) is 1. The van der Waals surface area contributed by atoms with Crippen LogP contribution in [0, 0.1) is 27.4 Å². The first kappa shape index (κ1) is 16.2. The summed E-state index contributed by atoms with van der Waals surface area (Å²) in [6.07, 6.45) is 1.30. The number of nitriles is 1. The number of nitrogens with zero attached hydrogens (tertiary/aromatic N) is 3. The van der Waals surface area contributed by atoms with Gasteiger partial charge in [-0.15, -0.1) is 0 Å². The first-order valence-corrected chi connectivity index (χ1v) is 8.45. The van der Waals surface area contributed by atoms with Crippen LogP contribution in [0.4, 0.5) is 11.4 Å². The monoisotopic (exact) mass is 324 g/mol. The highest BCUT2D eigenvalue weighted by molar-refractivity contribution is 7.89. The van der Waals surface area contributed by atoms with E-state index in [1.807, 2.05) is 11.0 Å². The van der Waals surface area contributed by atoms with Crippen molar-refractivity contribution in [2.45, 2.75) is 12.8 Å². The molecular formula is C13H16N4O4S. The second-order valence-corrected chi connectivity index (χ2v) is 6.99. The van der Waals surface area contributed by atoms with Crippen LogP contribution in [-0.4, -0.2) is 32.2 Å². The minimum Gasteiger partial charge on any atom is -0.370 e. The molecule has 0 aliphatic carbocycles. The molecule has 1 aromatic carbocycles. The maximum absolute atomic E-state index is 11.1. The van der Waals surface area contributed by atoms with E-state index in [-0.39, 0.29) is 22.9 Å². The lowest BCUT2D eigenvalue weighted by Gasteiger charge is -2.33. The molecule has 8 nitrogen and oxygen atoms in total. The van der Waals surface area contributed by atoms with Crippen LogP contribution in [0.3, 0.4) is 0 Å². The van der Waals surface area contributed by atoms with Gasteiger partial charge in [-0.05, 0) is 24.8 Å². The zero-order valence-electron chi connectivity index (χ0n) is 11.8. The second-order valence-electron chi connectivity index (χ2n) is 5.33. The van der Waals surface area contributed by atoms with Gasteiger partial charge in [0.1, 0.15) is 6.07 Å². The Morgan fingerprint density at radius 3 is 2.55 bits per heavy atom. The van der Waals surface area contributed by atoms with Crippen LogP contribution < -0.4 is 10.0 Å². The van der Waals surface area contributed by atoms with Crippen molar-refractivity contribution in [3.63, 3.8) is 0 Å². The molecule has 2 N–H and O–H groups in total. The van der Waals surface area contributed by atoms with E-state index in [1.54, 1.807) is 6.07 Å². The van der Waals surface area contributed by atoms with E-state index in [9.17, 15) is 18.5 Å². The molecule has 118 valence electrons. The lowest BCUT2D eigenvalue weighted by atomic mass is 9.98. The van der Waals surface area contributed by atoms with Crippen LogP contribution in [0.15, 0.2) is 18.2 Å². The smallest absolute Gasteiger partial charge is 0.270 e. The van der Waals surface area contributed by atoms with Gasteiger partial charge in [-0.1, -0.05) is 0 Å². The molecular weight excluding hydrogens is 308 g/mol.